The number of carbonyl (C=O) groups is 2. The monoisotopic (exact) mass is 165 g/mol. The average molecular weight is 165 g/mol. The van der Waals surface area contributed by atoms with E-state index < -0.39 is 11.9 Å². The predicted octanol–water partition coefficient (Wildman–Crippen LogP) is -0.161. The lowest BCUT2D eigenvalue weighted by Crippen LogP contribution is -2.29. The van der Waals surface area contributed by atoms with Crippen LogP contribution in [0.5, 0.6) is 0 Å². The molecule has 1 rings (SSSR count). The highest BCUT2D eigenvalue weighted by atomic mass is 16.4. The number of amides is 1. The summed E-state index contributed by atoms with van der Waals surface area (Å²) in [6.07, 6.45) is 4.82. The van der Waals surface area contributed by atoms with Gasteiger partial charge in [0.2, 0.25) is 0 Å². The van der Waals surface area contributed by atoms with Crippen LogP contribution in [0.25, 0.3) is 0 Å². The number of allylic oxidation sites excluding steroid dienone is 1. The van der Waals surface area contributed by atoms with Crippen molar-refractivity contribution < 1.29 is 14.7 Å². The molecule has 4 heteroatoms. The van der Waals surface area contributed by atoms with Gasteiger partial charge < -0.3 is 10.4 Å². The summed E-state index contributed by atoms with van der Waals surface area (Å²) in [5, 5.41) is 10.4. The van der Waals surface area contributed by atoms with E-state index in [1.165, 1.54) is 0 Å². The van der Waals surface area contributed by atoms with Gasteiger partial charge in [0.15, 0.2) is 0 Å². The molecule has 2 N–H and O–H groups in total. The second-order valence-corrected chi connectivity index (χ2v) is 2.16. The van der Waals surface area contributed by atoms with Crippen LogP contribution in [0.15, 0.2) is 29.5 Å². The van der Waals surface area contributed by atoms with Gasteiger partial charge in [-0.3, -0.25) is 9.59 Å². The number of hydrogen-bond donors (Lipinski definition) is 2. The van der Waals surface area contributed by atoms with Crippen LogP contribution in [0.3, 0.4) is 0 Å². The molecule has 1 aliphatic rings. The lowest BCUT2D eigenvalue weighted by molar-refractivity contribution is -0.137. The highest BCUT2D eigenvalue weighted by Gasteiger charge is 2.07. The second kappa shape index (κ2) is 3.55. The molecule has 4 nitrogen and oxygen atoms in total. The smallest absolute Gasteiger partial charge is 0.322 e. The standard InChI is InChI=1S/C8H7NO3/c10-7(11)5-9-8(12)6-3-1-2-4-6/h1-3H,5H2,(H,9,12)(H,10,11). The highest BCUT2D eigenvalue weighted by Crippen LogP contribution is 2.00. The fourth-order valence-electron chi connectivity index (χ4n) is 0.723. The Morgan fingerprint density at radius 3 is 2.83 bits per heavy atom. The Morgan fingerprint density at radius 1 is 1.58 bits per heavy atom. The van der Waals surface area contributed by atoms with Crippen molar-refractivity contribution in [3.63, 3.8) is 0 Å². The van der Waals surface area contributed by atoms with Crippen LogP contribution < -0.4 is 5.32 Å². The summed E-state index contributed by atoms with van der Waals surface area (Å²) >= 11 is 0. The Labute approximate surface area is 68.9 Å². The minimum Gasteiger partial charge on any atom is -0.480 e. The first-order chi connectivity index (χ1) is 5.70. The molecule has 0 aromatic carbocycles. The van der Waals surface area contributed by atoms with Crippen molar-refractivity contribution in [2.45, 2.75) is 0 Å². The molecule has 0 aromatic rings. The SMILES string of the molecule is O=C(O)CNC(=O)C1=C=CC=C1. The van der Waals surface area contributed by atoms with E-state index in [4.69, 9.17) is 5.11 Å². The fourth-order valence-corrected chi connectivity index (χ4v) is 0.723. The minimum atomic E-state index is -1.06. The number of nitrogens with one attached hydrogen (secondary N) is 1. The molecule has 0 unspecified atom stereocenters. The first kappa shape index (κ1) is 8.30. The summed E-state index contributed by atoms with van der Waals surface area (Å²) < 4.78 is 0. The van der Waals surface area contributed by atoms with E-state index in [0.29, 0.717) is 5.57 Å². The van der Waals surface area contributed by atoms with Gasteiger partial charge in [-0.25, -0.2) is 0 Å². The maximum Gasteiger partial charge on any atom is 0.322 e. The molecule has 1 amide bonds. The number of carboxylic acid groups (broad SMARTS) is 1. The Kier molecular flexibility index (Phi) is 2.46. The molecule has 1 aliphatic carbocycles. The van der Waals surface area contributed by atoms with Gasteiger partial charge in [0.1, 0.15) is 6.54 Å². The van der Waals surface area contributed by atoms with Crippen LogP contribution in [0.2, 0.25) is 0 Å². The Hall–Kier alpha value is -1.80. The zero-order valence-corrected chi connectivity index (χ0v) is 6.20. The third-order valence-corrected chi connectivity index (χ3v) is 1.24. The van der Waals surface area contributed by atoms with Crippen molar-refractivity contribution in [2.24, 2.45) is 0 Å². The van der Waals surface area contributed by atoms with Gasteiger partial charge in [0.05, 0.1) is 5.57 Å². The Bertz CT molecular complexity index is 308. The quantitative estimate of drug-likeness (QED) is 0.571. The lowest BCUT2D eigenvalue weighted by atomic mass is 10.3. The topological polar surface area (TPSA) is 66.4 Å². The second-order valence-electron chi connectivity index (χ2n) is 2.16. The number of hydrogen-bond acceptors (Lipinski definition) is 2. The third-order valence-electron chi connectivity index (χ3n) is 1.24. The molecule has 0 radical (unpaired) electrons. The summed E-state index contributed by atoms with van der Waals surface area (Å²) in [5.74, 6) is -1.47. The summed E-state index contributed by atoms with van der Waals surface area (Å²) in [6.45, 7) is -0.363. The Balaban J connectivity index is 2.45. The minimum absolute atomic E-state index is 0.358. The molecule has 0 saturated carbocycles. The van der Waals surface area contributed by atoms with E-state index >= 15 is 0 Å². The van der Waals surface area contributed by atoms with E-state index in [2.05, 4.69) is 11.0 Å². The molecule has 0 bridgehead atoms. The third kappa shape index (κ3) is 2.11. The summed E-state index contributed by atoms with van der Waals surface area (Å²) in [5.41, 5.74) is 3.01. The zero-order chi connectivity index (χ0) is 8.97. The van der Waals surface area contributed by atoms with E-state index in [0.717, 1.165) is 0 Å². The van der Waals surface area contributed by atoms with Gasteiger partial charge in [-0.1, -0.05) is 6.08 Å². The molecular formula is C8H7NO3. The maximum atomic E-state index is 11.0. The van der Waals surface area contributed by atoms with Crippen LogP contribution in [-0.4, -0.2) is 23.5 Å². The molecule has 0 heterocycles. The van der Waals surface area contributed by atoms with Crippen LogP contribution in [0.4, 0.5) is 0 Å². The van der Waals surface area contributed by atoms with Crippen LogP contribution in [0.1, 0.15) is 0 Å². The molecule has 62 valence electrons. The molecule has 0 aromatic heterocycles. The molecule has 0 aliphatic heterocycles. The normalized spacial score (nSPS) is 12.8. The zero-order valence-electron chi connectivity index (χ0n) is 6.20. The first-order valence-electron chi connectivity index (χ1n) is 3.33. The predicted molar refractivity (Wildman–Crippen MR) is 41.4 cm³/mol. The van der Waals surface area contributed by atoms with Gasteiger partial charge in [-0.05, 0) is 12.2 Å². The van der Waals surface area contributed by atoms with Crippen molar-refractivity contribution in [3.05, 3.63) is 29.5 Å². The number of carbonyl (C=O) groups excluding carboxylic acids is 1. The van der Waals surface area contributed by atoms with Crippen LogP contribution in [0, 0.1) is 0 Å². The van der Waals surface area contributed by atoms with Crippen LogP contribution >= 0.6 is 0 Å². The van der Waals surface area contributed by atoms with Gasteiger partial charge in [0.25, 0.3) is 5.91 Å². The molecule has 0 saturated heterocycles. The molecular weight excluding hydrogens is 158 g/mol. The number of rotatable bonds is 3. The van der Waals surface area contributed by atoms with Crippen molar-refractivity contribution in [1.82, 2.24) is 5.32 Å². The maximum absolute atomic E-state index is 11.0. The van der Waals surface area contributed by atoms with Crippen LogP contribution in [-0.2, 0) is 9.59 Å². The number of aliphatic carboxylic acids is 1. The molecule has 0 fully saturated rings. The van der Waals surface area contributed by atoms with E-state index in [9.17, 15) is 9.59 Å². The van der Waals surface area contributed by atoms with Gasteiger partial charge in [-0.2, -0.15) is 0 Å². The van der Waals surface area contributed by atoms with E-state index in [1.54, 1.807) is 18.2 Å². The first-order valence-corrected chi connectivity index (χ1v) is 3.33. The molecule has 0 spiro atoms. The molecule has 12 heavy (non-hydrogen) atoms. The van der Waals surface area contributed by atoms with Gasteiger partial charge in [-0.15, -0.1) is 5.73 Å². The lowest BCUT2D eigenvalue weighted by Gasteiger charge is -1.98. The van der Waals surface area contributed by atoms with E-state index in [-0.39, 0.29) is 6.54 Å². The number of carboxylic acids is 1. The highest BCUT2D eigenvalue weighted by molar-refractivity contribution is 5.97. The van der Waals surface area contributed by atoms with E-state index in [1.807, 2.05) is 0 Å². The van der Waals surface area contributed by atoms with Crippen molar-refractivity contribution in [1.29, 1.82) is 0 Å². The van der Waals surface area contributed by atoms with Crippen molar-refractivity contribution >= 4 is 11.9 Å². The van der Waals surface area contributed by atoms with Gasteiger partial charge >= 0.3 is 5.97 Å². The van der Waals surface area contributed by atoms with Crippen molar-refractivity contribution in [3.8, 4) is 0 Å². The van der Waals surface area contributed by atoms with Crippen molar-refractivity contribution in [2.75, 3.05) is 6.54 Å². The molecule has 0 atom stereocenters. The Morgan fingerprint density at radius 2 is 2.33 bits per heavy atom. The fraction of sp³-hybridized carbons (Fsp3) is 0.125. The summed E-state index contributed by atoms with van der Waals surface area (Å²) in [6, 6.07) is 0. The summed E-state index contributed by atoms with van der Waals surface area (Å²) in [7, 11) is 0. The van der Waals surface area contributed by atoms with Gasteiger partial charge in [0, 0.05) is 0 Å². The largest absolute Gasteiger partial charge is 0.480 e. The summed E-state index contributed by atoms with van der Waals surface area (Å²) in [4.78, 5) is 21.1. The average Bonchev–Trinajstić information content (AvgIpc) is 2.51.